The van der Waals surface area contributed by atoms with E-state index >= 15 is 0 Å². The second-order valence-electron chi connectivity index (χ2n) is 5.26. The van der Waals surface area contributed by atoms with Gasteiger partial charge in [0.05, 0.1) is 16.1 Å². The molecular weight excluding hydrogens is 394 g/mol. The molecule has 8 heteroatoms. The minimum Gasteiger partial charge on any atom is -0.288 e. The van der Waals surface area contributed by atoms with Gasteiger partial charge in [0.15, 0.2) is 0 Å². The first-order valence-electron chi connectivity index (χ1n) is 7.05. The second-order valence-corrected chi connectivity index (χ2v) is 8.27. The lowest BCUT2D eigenvalue weighted by atomic mass is 10.2. The molecule has 0 unspecified atom stereocenters. The van der Waals surface area contributed by atoms with Crippen LogP contribution in [0.4, 0.5) is 5.69 Å². The molecule has 1 amide bonds. The van der Waals surface area contributed by atoms with Crippen molar-refractivity contribution in [2.45, 2.75) is 4.90 Å². The quantitative estimate of drug-likeness (QED) is 0.767. The smallest absolute Gasteiger partial charge is 0.270 e. The third kappa shape index (κ3) is 3.95. The standard InChI is InChI=1S/C16H18BrN3O3S/c1-19(2)24(22,23)13-9-10-15(17)14(11-13)16(21)18-20(3)12-7-5-4-6-8-12/h4-11H,1-3H3,(H,18,21). The van der Waals surface area contributed by atoms with Gasteiger partial charge in [0.1, 0.15) is 0 Å². The molecule has 128 valence electrons. The van der Waals surface area contributed by atoms with Gasteiger partial charge in [-0.15, -0.1) is 0 Å². The van der Waals surface area contributed by atoms with Crippen LogP contribution in [-0.2, 0) is 10.0 Å². The van der Waals surface area contributed by atoms with E-state index in [0.717, 1.165) is 9.99 Å². The molecule has 24 heavy (non-hydrogen) atoms. The van der Waals surface area contributed by atoms with Crippen molar-refractivity contribution in [3.05, 3.63) is 58.6 Å². The Morgan fingerprint density at radius 1 is 1.04 bits per heavy atom. The van der Waals surface area contributed by atoms with Crippen LogP contribution in [-0.4, -0.2) is 39.8 Å². The average Bonchev–Trinajstić information content (AvgIpc) is 2.55. The monoisotopic (exact) mass is 411 g/mol. The van der Waals surface area contributed by atoms with Crippen molar-refractivity contribution in [1.29, 1.82) is 0 Å². The number of nitrogens with zero attached hydrogens (tertiary/aromatic N) is 2. The fraction of sp³-hybridized carbons (Fsp3) is 0.188. The zero-order valence-electron chi connectivity index (χ0n) is 13.5. The van der Waals surface area contributed by atoms with Gasteiger partial charge in [-0.1, -0.05) is 18.2 Å². The number of carbonyl (C=O) groups is 1. The lowest BCUT2D eigenvalue weighted by molar-refractivity contribution is 0.0950. The Morgan fingerprint density at radius 3 is 2.25 bits per heavy atom. The first-order valence-corrected chi connectivity index (χ1v) is 9.28. The number of hydrogen-bond donors (Lipinski definition) is 1. The topological polar surface area (TPSA) is 69.7 Å². The van der Waals surface area contributed by atoms with E-state index in [0.29, 0.717) is 4.47 Å². The van der Waals surface area contributed by atoms with Gasteiger partial charge in [-0.3, -0.25) is 15.2 Å². The maximum absolute atomic E-state index is 12.5. The molecule has 2 aromatic rings. The van der Waals surface area contributed by atoms with Crippen LogP contribution < -0.4 is 10.4 Å². The van der Waals surface area contributed by atoms with E-state index in [1.54, 1.807) is 18.1 Å². The van der Waals surface area contributed by atoms with E-state index in [-0.39, 0.29) is 10.5 Å². The highest BCUT2D eigenvalue weighted by Gasteiger charge is 2.21. The number of sulfonamides is 1. The fourth-order valence-corrected chi connectivity index (χ4v) is 3.33. The molecule has 6 nitrogen and oxygen atoms in total. The first-order chi connectivity index (χ1) is 11.2. The van der Waals surface area contributed by atoms with Gasteiger partial charge in [0.25, 0.3) is 5.91 Å². The number of hydrogen-bond acceptors (Lipinski definition) is 4. The predicted octanol–water partition coefficient (Wildman–Crippen LogP) is 2.48. The number of para-hydroxylation sites is 1. The molecule has 0 fully saturated rings. The number of halogens is 1. The van der Waals surface area contributed by atoms with Crippen molar-refractivity contribution in [3.63, 3.8) is 0 Å². The largest absolute Gasteiger partial charge is 0.288 e. The third-order valence-corrected chi connectivity index (χ3v) is 5.88. The number of anilines is 1. The van der Waals surface area contributed by atoms with Gasteiger partial charge >= 0.3 is 0 Å². The Labute approximate surface area is 150 Å². The fourth-order valence-electron chi connectivity index (χ4n) is 1.98. The van der Waals surface area contributed by atoms with Crippen LogP contribution in [0.15, 0.2) is 57.9 Å². The number of carbonyl (C=O) groups excluding carboxylic acids is 1. The van der Waals surface area contributed by atoms with E-state index in [1.807, 2.05) is 30.3 Å². The summed E-state index contributed by atoms with van der Waals surface area (Å²) >= 11 is 3.29. The Bertz CT molecular complexity index is 839. The van der Waals surface area contributed by atoms with Crippen molar-refractivity contribution >= 4 is 37.5 Å². The van der Waals surface area contributed by atoms with Crippen molar-refractivity contribution in [2.24, 2.45) is 0 Å². The highest BCUT2D eigenvalue weighted by atomic mass is 79.9. The molecule has 0 atom stereocenters. The lowest BCUT2D eigenvalue weighted by Gasteiger charge is -2.21. The molecule has 2 rings (SSSR count). The van der Waals surface area contributed by atoms with Crippen LogP contribution in [0, 0.1) is 0 Å². The minimum absolute atomic E-state index is 0.0585. The van der Waals surface area contributed by atoms with Gasteiger partial charge in [-0.2, -0.15) is 0 Å². The van der Waals surface area contributed by atoms with Crippen LogP contribution in [0.1, 0.15) is 10.4 Å². The van der Waals surface area contributed by atoms with Gasteiger partial charge in [0.2, 0.25) is 10.0 Å². The van der Waals surface area contributed by atoms with Crippen LogP contribution in [0.25, 0.3) is 0 Å². The summed E-state index contributed by atoms with van der Waals surface area (Å²) in [5.74, 6) is -0.413. The number of rotatable bonds is 5. The Balaban J connectivity index is 2.30. The SMILES string of the molecule is CN(NC(=O)c1cc(S(=O)(=O)N(C)C)ccc1Br)c1ccccc1. The van der Waals surface area contributed by atoms with E-state index in [9.17, 15) is 13.2 Å². The third-order valence-electron chi connectivity index (χ3n) is 3.37. The summed E-state index contributed by atoms with van der Waals surface area (Å²) in [4.78, 5) is 12.6. The summed E-state index contributed by atoms with van der Waals surface area (Å²) in [6, 6.07) is 13.7. The van der Waals surface area contributed by atoms with Gasteiger partial charge in [0, 0.05) is 25.6 Å². The van der Waals surface area contributed by atoms with Gasteiger partial charge in [-0.25, -0.2) is 12.7 Å². The highest BCUT2D eigenvalue weighted by molar-refractivity contribution is 9.10. The van der Waals surface area contributed by atoms with E-state index < -0.39 is 15.9 Å². The van der Waals surface area contributed by atoms with Gasteiger partial charge in [-0.05, 0) is 46.3 Å². The number of nitrogens with one attached hydrogen (secondary N) is 1. The molecule has 0 spiro atoms. The number of amides is 1. The van der Waals surface area contributed by atoms with E-state index in [4.69, 9.17) is 0 Å². The summed E-state index contributed by atoms with van der Waals surface area (Å²) in [5, 5.41) is 1.57. The van der Waals surface area contributed by atoms with Crippen LogP contribution >= 0.6 is 15.9 Å². The summed E-state index contributed by atoms with van der Waals surface area (Å²) in [6.45, 7) is 0. The Morgan fingerprint density at radius 2 is 1.67 bits per heavy atom. The summed E-state index contributed by atoms with van der Waals surface area (Å²) in [6.07, 6.45) is 0. The molecule has 0 saturated heterocycles. The average molecular weight is 412 g/mol. The van der Waals surface area contributed by atoms with Crippen molar-refractivity contribution < 1.29 is 13.2 Å². The Kier molecular flexibility index (Phi) is 5.63. The molecule has 0 aliphatic heterocycles. The zero-order valence-corrected chi connectivity index (χ0v) is 15.9. The molecule has 2 aromatic carbocycles. The normalized spacial score (nSPS) is 11.4. The maximum atomic E-state index is 12.5. The van der Waals surface area contributed by atoms with E-state index in [1.165, 1.54) is 26.2 Å². The Hall–Kier alpha value is -1.90. The second kappa shape index (κ2) is 7.33. The molecule has 0 bridgehead atoms. The van der Waals surface area contributed by atoms with Crippen molar-refractivity contribution in [2.75, 3.05) is 26.2 Å². The molecule has 0 aliphatic carbocycles. The molecule has 0 aliphatic rings. The summed E-state index contributed by atoms with van der Waals surface area (Å²) < 4.78 is 26.1. The lowest BCUT2D eigenvalue weighted by Crippen LogP contribution is -2.39. The maximum Gasteiger partial charge on any atom is 0.270 e. The van der Waals surface area contributed by atoms with Crippen LogP contribution in [0.5, 0.6) is 0 Å². The minimum atomic E-state index is -3.61. The molecule has 1 N–H and O–H groups in total. The molecule has 0 saturated carbocycles. The molecule has 0 heterocycles. The van der Waals surface area contributed by atoms with E-state index in [2.05, 4.69) is 21.4 Å². The first kappa shape index (κ1) is 18.4. The summed E-state index contributed by atoms with van der Waals surface area (Å²) in [7, 11) is 0.988. The van der Waals surface area contributed by atoms with Crippen molar-refractivity contribution in [1.82, 2.24) is 9.73 Å². The zero-order chi connectivity index (χ0) is 17.9. The predicted molar refractivity (Wildman–Crippen MR) is 97.3 cm³/mol. The highest BCUT2D eigenvalue weighted by Crippen LogP contribution is 2.23. The molecule has 0 aromatic heterocycles. The van der Waals surface area contributed by atoms with Gasteiger partial charge < -0.3 is 0 Å². The summed E-state index contributed by atoms with van der Waals surface area (Å²) in [5.41, 5.74) is 3.76. The number of hydrazine groups is 1. The van der Waals surface area contributed by atoms with Crippen molar-refractivity contribution in [3.8, 4) is 0 Å². The molecular formula is C16H18BrN3O3S. The van der Waals surface area contributed by atoms with Crippen LogP contribution in [0.2, 0.25) is 0 Å². The van der Waals surface area contributed by atoms with Crippen LogP contribution in [0.3, 0.4) is 0 Å². The molecule has 0 radical (unpaired) electrons. The number of benzene rings is 2.